The Hall–Kier alpha value is -0.680. The molecule has 0 heterocycles. The van der Waals surface area contributed by atoms with Gasteiger partial charge in [-0.3, -0.25) is 4.79 Å². The highest BCUT2D eigenvalue weighted by Gasteiger charge is 2.14. The maximum absolute atomic E-state index is 10.1. The van der Waals surface area contributed by atoms with Crippen molar-refractivity contribution in [3.63, 3.8) is 0 Å². The first-order valence-electron chi connectivity index (χ1n) is 20.6. The van der Waals surface area contributed by atoms with Crippen molar-refractivity contribution in [3.05, 3.63) is 0 Å². The smallest absolute Gasteiger partial charge is 0.287 e. The van der Waals surface area contributed by atoms with Gasteiger partial charge in [-0.15, -0.1) is 0 Å². The van der Waals surface area contributed by atoms with E-state index in [9.17, 15) is 10.2 Å². The molecule has 14 N–H and O–H groups in total. The number of carbonyl (C=O) groups excluding carboxylic acids is 1. The summed E-state index contributed by atoms with van der Waals surface area (Å²) in [6, 6.07) is 0. The zero-order valence-corrected chi connectivity index (χ0v) is 36.1. The molecule has 0 bridgehead atoms. The zero-order chi connectivity index (χ0) is 40.2. The molecule has 0 saturated heterocycles. The topological polar surface area (TPSA) is 242 Å². The van der Waals surface area contributed by atoms with E-state index in [-0.39, 0.29) is 31.1 Å². The molecule has 0 aliphatic rings. The summed E-state index contributed by atoms with van der Waals surface area (Å²) >= 11 is 0. The Labute approximate surface area is 332 Å². The first-order chi connectivity index (χ1) is 24.8. The van der Waals surface area contributed by atoms with E-state index in [0.29, 0.717) is 73.5 Å². The SMILES string of the molecule is CCC(CN)CC(C)CNCC(O)CNCC(C)CC(CC)CN.CCC(CN)CC(C)CNCC(O)CNCC(C)CC(CC)CN.O=CO[O-].[Cl-]. The van der Waals surface area contributed by atoms with Crippen LogP contribution >= 0.6 is 0 Å². The van der Waals surface area contributed by atoms with Gasteiger partial charge in [-0.1, -0.05) is 81.1 Å². The minimum atomic E-state index is -0.336. The zero-order valence-electron chi connectivity index (χ0n) is 35.3. The van der Waals surface area contributed by atoms with Gasteiger partial charge in [0.05, 0.1) is 12.2 Å². The highest BCUT2D eigenvalue weighted by atomic mass is 35.5. The molecule has 8 atom stereocenters. The number of aliphatic hydroxyl groups is 2. The summed E-state index contributed by atoms with van der Waals surface area (Å²) in [6.45, 7) is 27.1. The molecule has 0 fully saturated rings. The number of carbonyl (C=O) groups is 1. The molecule has 0 aromatic carbocycles. The third-order valence-corrected chi connectivity index (χ3v) is 10.1. The maximum atomic E-state index is 10.1. The Morgan fingerprint density at radius 3 is 0.830 bits per heavy atom. The molecule has 0 saturated carbocycles. The lowest BCUT2D eigenvalue weighted by atomic mass is 9.93. The van der Waals surface area contributed by atoms with Crippen LogP contribution in [-0.4, -0.2) is 107 Å². The molecule has 324 valence electrons. The quantitative estimate of drug-likeness (QED) is 0.0208. The monoisotopic (exact) mass is 785 g/mol. The minimum Gasteiger partial charge on any atom is -1.00 e. The number of nitrogens with two attached hydrogens (primary N) is 4. The van der Waals surface area contributed by atoms with Gasteiger partial charge in [0.15, 0.2) is 0 Å². The van der Waals surface area contributed by atoms with Gasteiger partial charge in [0.2, 0.25) is 0 Å². The summed E-state index contributed by atoms with van der Waals surface area (Å²) in [5, 5.41) is 42.1. The van der Waals surface area contributed by atoms with Crippen LogP contribution in [0.25, 0.3) is 0 Å². The molecular formula is C39H89ClN8O5-2. The summed E-state index contributed by atoms with van der Waals surface area (Å²) in [4.78, 5) is 11.2. The van der Waals surface area contributed by atoms with Crippen LogP contribution in [0.5, 0.6) is 0 Å². The summed E-state index contributed by atoms with van der Waals surface area (Å²) < 4.78 is 0. The Morgan fingerprint density at radius 1 is 0.509 bits per heavy atom. The molecule has 0 aromatic rings. The van der Waals surface area contributed by atoms with Crippen LogP contribution in [0.4, 0.5) is 0 Å². The van der Waals surface area contributed by atoms with Crippen LogP contribution in [0.15, 0.2) is 0 Å². The van der Waals surface area contributed by atoms with Crippen LogP contribution in [0, 0.1) is 47.3 Å². The van der Waals surface area contributed by atoms with Gasteiger partial charge >= 0.3 is 0 Å². The molecule has 0 radical (unpaired) electrons. The molecule has 13 nitrogen and oxygen atoms in total. The molecule has 8 unspecified atom stereocenters. The second-order valence-electron chi connectivity index (χ2n) is 15.5. The van der Waals surface area contributed by atoms with Crippen LogP contribution in [0.2, 0.25) is 0 Å². The highest BCUT2D eigenvalue weighted by molar-refractivity contribution is 5.35. The molecule has 0 aliphatic heterocycles. The number of nitrogens with one attached hydrogen (secondary N) is 4. The summed E-state index contributed by atoms with van der Waals surface area (Å²) in [5.74, 6) is 4.88. The van der Waals surface area contributed by atoms with E-state index < -0.39 is 0 Å². The molecule has 0 aromatic heterocycles. The average Bonchev–Trinajstić information content (AvgIpc) is 3.14. The predicted molar refractivity (Wildman–Crippen MR) is 217 cm³/mol. The van der Waals surface area contributed by atoms with E-state index >= 15 is 0 Å². The van der Waals surface area contributed by atoms with E-state index in [1.807, 2.05) is 0 Å². The first kappa shape index (κ1) is 59.0. The van der Waals surface area contributed by atoms with Gasteiger partial charge in [-0.25, -0.2) is 0 Å². The number of hydrogen-bond donors (Lipinski definition) is 10. The van der Waals surface area contributed by atoms with Gasteiger partial charge in [0.25, 0.3) is 6.47 Å². The van der Waals surface area contributed by atoms with Crippen molar-refractivity contribution in [1.82, 2.24) is 21.3 Å². The molecule has 0 spiro atoms. The van der Waals surface area contributed by atoms with E-state index in [0.717, 1.165) is 104 Å². The fourth-order valence-corrected chi connectivity index (χ4v) is 6.46. The van der Waals surface area contributed by atoms with Crippen LogP contribution in [-0.2, 0) is 9.68 Å². The van der Waals surface area contributed by atoms with Crippen molar-refractivity contribution in [2.45, 2.75) is 119 Å². The molecule has 0 amide bonds. The largest absolute Gasteiger partial charge is 1.00 e. The lowest BCUT2D eigenvalue weighted by Crippen LogP contribution is -3.00. The third kappa shape index (κ3) is 39.4. The summed E-state index contributed by atoms with van der Waals surface area (Å²) in [7, 11) is 0. The fourth-order valence-electron chi connectivity index (χ4n) is 6.46. The second kappa shape index (κ2) is 42.5. The van der Waals surface area contributed by atoms with Gasteiger partial charge in [-0.2, -0.15) is 0 Å². The van der Waals surface area contributed by atoms with E-state index in [2.05, 4.69) is 81.5 Å². The fraction of sp³-hybridized carbons (Fsp3) is 0.974. The van der Waals surface area contributed by atoms with Crippen molar-refractivity contribution in [3.8, 4) is 0 Å². The van der Waals surface area contributed by atoms with Crippen LogP contribution in [0.1, 0.15) is 107 Å². The first-order valence-corrected chi connectivity index (χ1v) is 20.6. The summed E-state index contributed by atoms with van der Waals surface area (Å²) in [5.41, 5.74) is 23.0. The Bertz CT molecular complexity index is 617. The molecular weight excluding hydrogens is 696 g/mol. The van der Waals surface area contributed by atoms with Gasteiger partial charge in [0.1, 0.15) is 0 Å². The lowest BCUT2D eigenvalue weighted by molar-refractivity contribution is -0.652. The number of hydrogen-bond acceptors (Lipinski definition) is 13. The molecule has 53 heavy (non-hydrogen) atoms. The van der Waals surface area contributed by atoms with Crippen molar-refractivity contribution in [2.24, 2.45) is 70.3 Å². The van der Waals surface area contributed by atoms with Gasteiger partial charge in [0, 0.05) is 26.2 Å². The Kier molecular flexibility index (Phi) is 47.3. The highest BCUT2D eigenvalue weighted by Crippen LogP contribution is 2.16. The normalized spacial score (nSPS) is 16.8. The molecule has 0 aliphatic carbocycles. The number of halogens is 1. The van der Waals surface area contributed by atoms with Crippen LogP contribution in [0.3, 0.4) is 0 Å². The third-order valence-electron chi connectivity index (χ3n) is 10.1. The molecule has 0 rings (SSSR count). The van der Waals surface area contributed by atoms with Gasteiger partial charge < -0.3 is 77.0 Å². The summed E-state index contributed by atoms with van der Waals surface area (Å²) in [6.07, 6.45) is 8.55. The number of aliphatic hydroxyl groups excluding tert-OH is 2. The van der Waals surface area contributed by atoms with Crippen molar-refractivity contribution in [2.75, 3.05) is 78.5 Å². The predicted octanol–water partition coefficient (Wildman–Crippen LogP) is -1.46. The standard InChI is InChI=1S/2C19H44N4O.CH2O3.ClH/c2*1-5-17(9-20)7-15(3)11-22-13-19(24)14-23-12-16(4)8-18(6-2)10-21;2-1-4-3;/h2*15-19,22-24H,5-14,20-21H2,1-4H3;1,3H;1H/p-2. The van der Waals surface area contributed by atoms with Crippen molar-refractivity contribution < 1.29 is 37.6 Å². The van der Waals surface area contributed by atoms with Crippen molar-refractivity contribution in [1.29, 1.82) is 0 Å². The second-order valence-corrected chi connectivity index (χ2v) is 15.5. The minimum absolute atomic E-state index is 0. The van der Waals surface area contributed by atoms with E-state index in [1.54, 1.807) is 0 Å². The average molecular weight is 786 g/mol. The number of rotatable bonds is 33. The Morgan fingerprint density at radius 2 is 0.698 bits per heavy atom. The van der Waals surface area contributed by atoms with Crippen LogP contribution < -0.4 is 61.9 Å². The lowest BCUT2D eigenvalue weighted by Gasteiger charge is -2.21. The van der Waals surface area contributed by atoms with E-state index in [4.69, 9.17) is 33.0 Å². The van der Waals surface area contributed by atoms with Crippen molar-refractivity contribution >= 4 is 6.47 Å². The molecule has 14 heteroatoms. The Balaban J connectivity index is -0.000000404. The maximum Gasteiger partial charge on any atom is 0.287 e. The van der Waals surface area contributed by atoms with Gasteiger partial charge in [-0.05, 0) is 125 Å². The van der Waals surface area contributed by atoms with E-state index in [1.165, 1.54) is 0 Å².